The Kier molecular flexibility index (Phi) is 4.93. The Hall–Kier alpha value is -0.220. The number of carbonyl (C=O) groups is 1. The maximum atomic E-state index is 11.9. The normalized spacial score (nSPS) is 20.7. The van der Waals surface area contributed by atoms with Crippen LogP contribution in [0.25, 0.3) is 0 Å². The van der Waals surface area contributed by atoms with Crippen LogP contribution in [-0.2, 0) is 4.79 Å². The van der Waals surface area contributed by atoms with Gasteiger partial charge in [-0.2, -0.15) is 12.6 Å². The summed E-state index contributed by atoms with van der Waals surface area (Å²) in [5.74, 6) is 0.799. The minimum Gasteiger partial charge on any atom is -0.396 e. The first-order valence-corrected chi connectivity index (χ1v) is 6.15. The number of nitrogens with zero attached hydrogens (tertiary/aromatic N) is 1. The molecule has 3 nitrogen and oxygen atoms in total. The second-order valence-corrected chi connectivity index (χ2v) is 5.20. The molecule has 15 heavy (non-hydrogen) atoms. The van der Waals surface area contributed by atoms with Crippen molar-refractivity contribution in [1.29, 1.82) is 0 Å². The molecule has 0 aromatic rings. The molecule has 0 aliphatic carbocycles. The number of carbonyl (C=O) groups excluding carboxylic acids is 1. The van der Waals surface area contributed by atoms with Crippen molar-refractivity contribution in [2.45, 2.75) is 31.9 Å². The highest BCUT2D eigenvalue weighted by atomic mass is 32.1. The molecule has 1 amide bonds. The van der Waals surface area contributed by atoms with Gasteiger partial charge in [-0.15, -0.1) is 0 Å². The lowest BCUT2D eigenvalue weighted by molar-refractivity contribution is -0.132. The summed E-state index contributed by atoms with van der Waals surface area (Å²) < 4.78 is 0. The van der Waals surface area contributed by atoms with Gasteiger partial charge < -0.3 is 10.0 Å². The molecular formula is C11H21NO2S. The minimum absolute atomic E-state index is 0.143. The van der Waals surface area contributed by atoms with Gasteiger partial charge in [0.15, 0.2) is 0 Å². The summed E-state index contributed by atoms with van der Waals surface area (Å²) in [5, 5.41) is 8.81. The highest BCUT2D eigenvalue weighted by molar-refractivity contribution is 7.81. The van der Waals surface area contributed by atoms with Crippen molar-refractivity contribution in [2.75, 3.05) is 19.7 Å². The van der Waals surface area contributed by atoms with Crippen LogP contribution < -0.4 is 0 Å². The maximum absolute atomic E-state index is 11.9. The van der Waals surface area contributed by atoms with Gasteiger partial charge in [0.05, 0.1) is 5.25 Å². The van der Waals surface area contributed by atoms with Crippen molar-refractivity contribution >= 4 is 18.5 Å². The summed E-state index contributed by atoms with van der Waals surface area (Å²) in [6, 6.07) is 0. The molecule has 1 fully saturated rings. The summed E-state index contributed by atoms with van der Waals surface area (Å²) in [6.07, 6.45) is 1.83. The van der Waals surface area contributed by atoms with Crippen LogP contribution in [0.2, 0.25) is 0 Å². The fraction of sp³-hybridized carbons (Fsp3) is 0.909. The Morgan fingerprint density at radius 2 is 2.00 bits per heavy atom. The zero-order valence-electron chi connectivity index (χ0n) is 9.52. The van der Waals surface area contributed by atoms with Crippen LogP contribution in [0.5, 0.6) is 0 Å². The van der Waals surface area contributed by atoms with Gasteiger partial charge in [-0.05, 0) is 24.7 Å². The van der Waals surface area contributed by atoms with E-state index in [0.717, 1.165) is 25.9 Å². The van der Waals surface area contributed by atoms with Crippen LogP contribution in [0.15, 0.2) is 0 Å². The molecule has 0 spiro atoms. The number of piperidine rings is 1. The van der Waals surface area contributed by atoms with Gasteiger partial charge in [0, 0.05) is 19.7 Å². The summed E-state index contributed by atoms with van der Waals surface area (Å²) in [7, 11) is 0. The van der Waals surface area contributed by atoms with Crippen LogP contribution in [-0.4, -0.2) is 40.9 Å². The van der Waals surface area contributed by atoms with E-state index >= 15 is 0 Å². The lowest BCUT2D eigenvalue weighted by atomic mass is 9.97. The standard InChI is InChI=1S/C11H21NO2S/c1-8(2)10(15)11(14)12-5-3-9(7-13)4-6-12/h8-10,13,15H,3-7H2,1-2H3. The number of hydrogen-bond donors (Lipinski definition) is 2. The maximum Gasteiger partial charge on any atom is 0.235 e. The van der Waals surface area contributed by atoms with Crippen molar-refractivity contribution in [3.8, 4) is 0 Å². The van der Waals surface area contributed by atoms with Gasteiger partial charge in [0.1, 0.15) is 0 Å². The zero-order chi connectivity index (χ0) is 11.4. The molecular weight excluding hydrogens is 210 g/mol. The van der Waals surface area contributed by atoms with E-state index in [4.69, 9.17) is 5.11 Å². The van der Waals surface area contributed by atoms with Crippen LogP contribution in [0.3, 0.4) is 0 Å². The number of aliphatic hydroxyl groups is 1. The van der Waals surface area contributed by atoms with Crippen LogP contribution in [0.1, 0.15) is 26.7 Å². The lowest BCUT2D eigenvalue weighted by Crippen LogP contribution is -2.44. The third-order valence-corrected chi connectivity index (χ3v) is 3.89. The third-order valence-electron chi connectivity index (χ3n) is 3.07. The van der Waals surface area contributed by atoms with Gasteiger partial charge in [0.2, 0.25) is 5.91 Å². The molecule has 88 valence electrons. The van der Waals surface area contributed by atoms with E-state index in [2.05, 4.69) is 12.6 Å². The fourth-order valence-corrected chi connectivity index (χ4v) is 1.97. The minimum atomic E-state index is -0.185. The molecule has 1 saturated heterocycles. The molecule has 1 N–H and O–H groups in total. The highest BCUT2D eigenvalue weighted by Gasteiger charge is 2.27. The molecule has 1 aliphatic heterocycles. The molecule has 4 heteroatoms. The number of likely N-dealkylation sites (tertiary alicyclic amines) is 1. The van der Waals surface area contributed by atoms with Gasteiger partial charge in [-0.25, -0.2) is 0 Å². The monoisotopic (exact) mass is 231 g/mol. The predicted molar refractivity (Wildman–Crippen MR) is 64.0 cm³/mol. The Labute approximate surface area is 97.3 Å². The fourth-order valence-electron chi connectivity index (χ4n) is 1.81. The second-order valence-electron chi connectivity index (χ2n) is 4.64. The Morgan fingerprint density at radius 1 is 1.47 bits per heavy atom. The third kappa shape index (κ3) is 3.38. The summed E-state index contributed by atoms with van der Waals surface area (Å²) in [6.45, 7) is 5.81. The molecule has 0 radical (unpaired) electrons. The van der Waals surface area contributed by atoms with E-state index in [1.165, 1.54) is 0 Å². The average molecular weight is 231 g/mol. The van der Waals surface area contributed by atoms with E-state index in [0.29, 0.717) is 5.92 Å². The van der Waals surface area contributed by atoms with Crippen molar-refractivity contribution < 1.29 is 9.90 Å². The number of aliphatic hydroxyl groups excluding tert-OH is 1. The Bertz CT molecular complexity index is 213. The van der Waals surface area contributed by atoms with Gasteiger partial charge in [-0.3, -0.25) is 4.79 Å². The van der Waals surface area contributed by atoms with Gasteiger partial charge in [0.25, 0.3) is 0 Å². The van der Waals surface area contributed by atoms with Crippen LogP contribution in [0.4, 0.5) is 0 Å². The Balaban J connectivity index is 2.42. The zero-order valence-corrected chi connectivity index (χ0v) is 10.4. The predicted octanol–water partition coefficient (Wildman–Crippen LogP) is 1.17. The summed E-state index contributed by atoms with van der Waals surface area (Å²) >= 11 is 4.33. The van der Waals surface area contributed by atoms with E-state index in [9.17, 15) is 4.79 Å². The molecule has 0 aromatic carbocycles. The van der Waals surface area contributed by atoms with E-state index in [1.54, 1.807) is 0 Å². The molecule has 1 rings (SSSR count). The summed E-state index contributed by atoms with van der Waals surface area (Å²) in [5.41, 5.74) is 0. The molecule has 1 aliphatic rings. The van der Waals surface area contributed by atoms with E-state index in [1.807, 2.05) is 18.7 Å². The number of rotatable bonds is 3. The van der Waals surface area contributed by atoms with Gasteiger partial charge >= 0.3 is 0 Å². The van der Waals surface area contributed by atoms with Crippen LogP contribution in [0, 0.1) is 11.8 Å². The number of hydrogen-bond acceptors (Lipinski definition) is 3. The largest absolute Gasteiger partial charge is 0.396 e. The molecule has 1 heterocycles. The second kappa shape index (κ2) is 5.75. The number of thiol groups is 1. The van der Waals surface area contributed by atoms with Crippen molar-refractivity contribution in [3.63, 3.8) is 0 Å². The first-order valence-electron chi connectivity index (χ1n) is 5.64. The first kappa shape index (κ1) is 12.8. The van der Waals surface area contributed by atoms with E-state index in [-0.39, 0.29) is 23.7 Å². The number of amides is 1. The quantitative estimate of drug-likeness (QED) is 0.716. The molecule has 1 atom stereocenters. The van der Waals surface area contributed by atoms with Crippen molar-refractivity contribution in [2.24, 2.45) is 11.8 Å². The van der Waals surface area contributed by atoms with Crippen molar-refractivity contribution in [3.05, 3.63) is 0 Å². The average Bonchev–Trinajstić information content (AvgIpc) is 2.27. The van der Waals surface area contributed by atoms with Crippen molar-refractivity contribution in [1.82, 2.24) is 4.90 Å². The van der Waals surface area contributed by atoms with Crippen LogP contribution >= 0.6 is 12.6 Å². The molecule has 1 unspecified atom stereocenters. The topological polar surface area (TPSA) is 40.5 Å². The first-order chi connectivity index (χ1) is 7.06. The molecule has 0 aromatic heterocycles. The lowest BCUT2D eigenvalue weighted by Gasteiger charge is -2.33. The highest BCUT2D eigenvalue weighted by Crippen LogP contribution is 2.20. The SMILES string of the molecule is CC(C)C(S)C(=O)N1CCC(CO)CC1. The van der Waals surface area contributed by atoms with Gasteiger partial charge in [-0.1, -0.05) is 13.8 Å². The molecule has 0 saturated carbocycles. The summed E-state index contributed by atoms with van der Waals surface area (Å²) in [4.78, 5) is 13.8. The van der Waals surface area contributed by atoms with E-state index < -0.39 is 0 Å². The Morgan fingerprint density at radius 3 is 2.40 bits per heavy atom. The molecule has 0 bridgehead atoms. The smallest absolute Gasteiger partial charge is 0.235 e.